The van der Waals surface area contributed by atoms with Gasteiger partial charge in [-0.3, -0.25) is 0 Å². The molecule has 1 N–H and O–H groups in total. The predicted molar refractivity (Wildman–Crippen MR) is 58.9 cm³/mol. The monoisotopic (exact) mass is 192 g/mol. The number of hydrogen-bond donors (Lipinski definition) is 1. The summed E-state index contributed by atoms with van der Waals surface area (Å²) in [5.74, 6) is 0. The average Bonchev–Trinajstić information content (AvgIpc) is 2.18. The Morgan fingerprint density at radius 2 is 2.14 bits per heavy atom. The molecule has 0 aliphatic rings. The predicted octanol–water partition coefficient (Wildman–Crippen LogP) is 3.12. The Kier molecular flexibility index (Phi) is 3.29. The third-order valence-corrected chi connectivity index (χ3v) is 1.78. The van der Waals surface area contributed by atoms with Crippen LogP contribution in [0, 0.1) is 0 Å². The number of anilines is 2. The van der Waals surface area contributed by atoms with Crippen LogP contribution < -0.4 is 10.4 Å². The van der Waals surface area contributed by atoms with Crippen LogP contribution in [0.25, 0.3) is 0 Å². The highest BCUT2D eigenvalue weighted by molar-refractivity contribution is 5.70. The van der Waals surface area contributed by atoms with Crippen LogP contribution >= 0.6 is 0 Å². The molecule has 0 heterocycles. The molecule has 0 radical (unpaired) electrons. The lowest BCUT2D eigenvalue weighted by Crippen LogP contribution is -2.06. The van der Waals surface area contributed by atoms with E-state index in [0.29, 0.717) is 22.2 Å². The van der Waals surface area contributed by atoms with Gasteiger partial charge in [0.1, 0.15) is 0 Å². The third-order valence-electron chi connectivity index (χ3n) is 1.78. The molecule has 0 unspecified atom stereocenters. The molecule has 74 valence electrons. The first-order valence-corrected chi connectivity index (χ1v) is 4.22. The van der Waals surface area contributed by atoms with Crippen LogP contribution in [0.4, 0.5) is 15.9 Å². The van der Waals surface area contributed by atoms with Crippen molar-refractivity contribution >= 4 is 11.4 Å². The molecule has 0 atom stereocenters. The minimum absolute atomic E-state index is 0.468. The molecular weight excluding hydrogens is 179 g/mol. The highest BCUT2D eigenvalue weighted by Gasteiger charge is 2.04. The number of benzene rings is 1. The maximum Gasteiger partial charge on any atom is 0.0919 e. The Labute approximate surface area is 83.3 Å². The zero-order valence-corrected chi connectivity index (χ0v) is 8.13. The highest BCUT2D eigenvalue weighted by Crippen LogP contribution is 2.25. The van der Waals surface area contributed by atoms with Crippen LogP contribution in [0.3, 0.4) is 0 Å². The molecule has 0 aliphatic carbocycles. The smallest absolute Gasteiger partial charge is 0.0919 e. The van der Waals surface area contributed by atoms with Crippen molar-refractivity contribution in [2.45, 2.75) is 0 Å². The van der Waals surface area contributed by atoms with Crippen molar-refractivity contribution in [2.75, 3.05) is 17.5 Å². The van der Waals surface area contributed by atoms with E-state index in [1.807, 2.05) is 6.07 Å². The van der Waals surface area contributed by atoms with Gasteiger partial charge in [-0.15, -0.1) is 4.48 Å². The van der Waals surface area contributed by atoms with Gasteiger partial charge in [-0.05, 0) is 18.2 Å². The van der Waals surface area contributed by atoms with Crippen LogP contribution in [-0.2, 0) is 0 Å². The molecular formula is C11H13FN2. The summed E-state index contributed by atoms with van der Waals surface area (Å²) < 4.78 is 13.0. The van der Waals surface area contributed by atoms with Gasteiger partial charge in [0.25, 0.3) is 0 Å². The van der Waals surface area contributed by atoms with Gasteiger partial charge in [0, 0.05) is 12.7 Å². The first-order chi connectivity index (χ1) is 6.65. The minimum Gasteiger partial charge on any atom is -0.354 e. The van der Waals surface area contributed by atoms with Gasteiger partial charge in [0.2, 0.25) is 0 Å². The maximum absolute atomic E-state index is 13.0. The standard InChI is InChI=1S/C11H13FN2/c1-4-9(2)13-10-7-5-6-8-11(10)14(3)12/h4-8,13H,1-2H2,3H3. The third kappa shape index (κ3) is 2.36. The van der Waals surface area contributed by atoms with Crippen molar-refractivity contribution in [3.8, 4) is 0 Å². The van der Waals surface area contributed by atoms with Crippen molar-refractivity contribution in [1.82, 2.24) is 0 Å². The van der Waals surface area contributed by atoms with E-state index in [0.717, 1.165) is 0 Å². The van der Waals surface area contributed by atoms with Gasteiger partial charge in [-0.1, -0.05) is 25.3 Å². The van der Waals surface area contributed by atoms with Crippen LogP contribution in [0.2, 0.25) is 0 Å². The van der Waals surface area contributed by atoms with Crippen LogP contribution in [0.1, 0.15) is 0 Å². The van der Waals surface area contributed by atoms with Crippen LogP contribution in [-0.4, -0.2) is 7.05 Å². The number of hydrogen-bond acceptors (Lipinski definition) is 2. The molecule has 0 saturated heterocycles. The number of nitrogens with one attached hydrogen (secondary N) is 1. The molecule has 0 amide bonds. The fourth-order valence-electron chi connectivity index (χ4n) is 1.07. The number of allylic oxidation sites excluding steroid dienone is 1. The minimum atomic E-state index is 0.468. The molecule has 0 spiro atoms. The average molecular weight is 192 g/mol. The van der Waals surface area contributed by atoms with E-state index >= 15 is 0 Å². The first kappa shape index (κ1) is 10.3. The lowest BCUT2D eigenvalue weighted by atomic mass is 10.2. The first-order valence-electron chi connectivity index (χ1n) is 4.22. The van der Waals surface area contributed by atoms with Gasteiger partial charge in [0.15, 0.2) is 0 Å². The van der Waals surface area contributed by atoms with Crippen molar-refractivity contribution < 1.29 is 4.48 Å². The van der Waals surface area contributed by atoms with Gasteiger partial charge in [-0.25, -0.2) is 5.12 Å². The zero-order valence-electron chi connectivity index (χ0n) is 8.13. The summed E-state index contributed by atoms with van der Waals surface area (Å²) in [6, 6.07) is 7.05. The summed E-state index contributed by atoms with van der Waals surface area (Å²) in [6.07, 6.45) is 1.58. The van der Waals surface area contributed by atoms with Gasteiger partial charge < -0.3 is 5.32 Å². The Morgan fingerprint density at radius 1 is 1.50 bits per heavy atom. The SMILES string of the molecule is C=CC(=C)Nc1ccccc1N(C)F. The van der Waals surface area contributed by atoms with Crippen molar-refractivity contribution in [1.29, 1.82) is 0 Å². The molecule has 0 aliphatic heterocycles. The Hall–Kier alpha value is -1.77. The lowest BCUT2D eigenvalue weighted by Gasteiger charge is -2.14. The fourth-order valence-corrected chi connectivity index (χ4v) is 1.07. The summed E-state index contributed by atoms with van der Waals surface area (Å²) >= 11 is 0. The fraction of sp³-hybridized carbons (Fsp3) is 0.0909. The Morgan fingerprint density at radius 3 is 2.71 bits per heavy atom. The Balaban J connectivity index is 2.95. The van der Waals surface area contributed by atoms with Crippen LogP contribution in [0.5, 0.6) is 0 Å². The molecule has 14 heavy (non-hydrogen) atoms. The second-order valence-corrected chi connectivity index (χ2v) is 2.85. The number of rotatable bonds is 4. The molecule has 0 aromatic heterocycles. The summed E-state index contributed by atoms with van der Waals surface area (Å²) in [4.78, 5) is 0. The summed E-state index contributed by atoms with van der Waals surface area (Å²) in [5, 5.41) is 3.50. The quantitative estimate of drug-likeness (QED) is 0.582. The molecule has 1 rings (SSSR count). The van der Waals surface area contributed by atoms with E-state index in [2.05, 4.69) is 18.5 Å². The van der Waals surface area contributed by atoms with E-state index in [9.17, 15) is 4.48 Å². The number of para-hydroxylation sites is 2. The maximum atomic E-state index is 13.0. The van der Waals surface area contributed by atoms with Crippen molar-refractivity contribution in [3.05, 3.63) is 49.2 Å². The molecule has 3 heteroatoms. The van der Waals surface area contributed by atoms with Crippen LogP contribution in [0.15, 0.2) is 49.2 Å². The van der Waals surface area contributed by atoms with E-state index in [1.165, 1.54) is 7.05 Å². The number of nitrogens with zero attached hydrogens (tertiary/aromatic N) is 1. The second-order valence-electron chi connectivity index (χ2n) is 2.85. The van der Waals surface area contributed by atoms with Crippen molar-refractivity contribution in [2.24, 2.45) is 0 Å². The van der Waals surface area contributed by atoms with E-state index in [4.69, 9.17) is 0 Å². The molecule has 1 aromatic rings. The molecule has 0 saturated carbocycles. The highest BCUT2D eigenvalue weighted by atomic mass is 19.2. The molecule has 0 fully saturated rings. The number of halogens is 1. The van der Waals surface area contributed by atoms with E-state index < -0.39 is 0 Å². The largest absolute Gasteiger partial charge is 0.354 e. The van der Waals surface area contributed by atoms with Crippen molar-refractivity contribution in [3.63, 3.8) is 0 Å². The summed E-state index contributed by atoms with van der Waals surface area (Å²) in [6.45, 7) is 7.26. The molecule has 1 aromatic carbocycles. The van der Waals surface area contributed by atoms with E-state index in [-0.39, 0.29) is 0 Å². The topological polar surface area (TPSA) is 15.3 Å². The van der Waals surface area contributed by atoms with Gasteiger partial charge in [0.05, 0.1) is 11.4 Å². The zero-order chi connectivity index (χ0) is 10.6. The van der Waals surface area contributed by atoms with E-state index in [1.54, 1.807) is 24.3 Å². The normalized spacial score (nSPS) is 9.29. The summed E-state index contributed by atoms with van der Waals surface area (Å²) in [7, 11) is 1.34. The molecule has 2 nitrogen and oxygen atoms in total. The Bertz CT molecular complexity index is 345. The molecule has 0 bridgehead atoms. The lowest BCUT2D eigenvalue weighted by molar-refractivity contribution is 0.476. The van der Waals surface area contributed by atoms with Gasteiger partial charge in [-0.2, -0.15) is 0 Å². The second kappa shape index (κ2) is 4.46. The summed E-state index contributed by atoms with van der Waals surface area (Å²) in [5.41, 5.74) is 1.78. The van der Waals surface area contributed by atoms with Gasteiger partial charge >= 0.3 is 0 Å².